The van der Waals surface area contributed by atoms with Crippen LogP contribution < -0.4 is 9.80 Å². The van der Waals surface area contributed by atoms with E-state index in [2.05, 4.69) is 69.0 Å². The minimum absolute atomic E-state index is 0.0311. The molecule has 4 rings (SSSR count). The standard InChI is InChI=1S/C30H33N3OS/c1-5-23-13-9-11-15-26(23)31-30-33(27-16-12-10-14-24(27)6-2)29(34)28(35-30)21-22-17-19-25(20-18-22)32(7-3)8-4/h9-21H,5-8H2,1-4H3/b28-21-,31-30?. The predicted molar refractivity (Wildman–Crippen MR) is 152 cm³/mol. The lowest BCUT2D eigenvalue weighted by molar-refractivity contribution is -0.113. The van der Waals surface area contributed by atoms with Crippen molar-refractivity contribution in [2.75, 3.05) is 22.9 Å². The Bertz CT molecular complexity index is 1240. The molecule has 5 heteroatoms. The molecule has 0 aliphatic carbocycles. The van der Waals surface area contributed by atoms with Crippen LogP contribution in [-0.4, -0.2) is 24.2 Å². The minimum Gasteiger partial charge on any atom is -0.372 e. The summed E-state index contributed by atoms with van der Waals surface area (Å²) in [4.78, 5) is 23.5. The average molecular weight is 484 g/mol. The Morgan fingerprint density at radius 2 is 1.46 bits per heavy atom. The molecular weight excluding hydrogens is 450 g/mol. The third kappa shape index (κ3) is 5.35. The number of rotatable bonds is 8. The molecule has 35 heavy (non-hydrogen) atoms. The van der Waals surface area contributed by atoms with E-state index in [1.807, 2.05) is 42.5 Å². The summed E-state index contributed by atoms with van der Waals surface area (Å²) < 4.78 is 0. The number of carbonyl (C=O) groups is 1. The van der Waals surface area contributed by atoms with Gasteiger partial charge in [-0.15, -0.1) is 0 Å². The van der Waals surface area contributed by atoms with Gasteiger partial charge < -0.3 is 4.90 Å². The van der Waals surface area contributed by atoms with Gasteiger partial charge in [0.2, 0.25) is 0 Å². The number of nitrogens with zero attached hydrogens (tertiary/aromatic N) is 3. The Morgan fingerprint density at radius 1 is 0.829 bits per heavy atom. The number of anilines is 2. The van der Waals surface area contributed by atoms with Crippen molar-refractivity contribution in [3.8, 4) is 0 Å². The van der Waals surface area contributed by atoms with Gasteiger partial charge in [0, 0.05) is 18.8 Å². The summed E-state index contributed by atoms with van der Waals surface area (Å²) in [6.07, 6.45) is 3.71. The molecule has 1 amide bonds. The number of para-hydroxylation sites is 2. The van der Waals surface area contributed by atoms with Crippen molar-refractivity contribution in [2.24, 2.45) is 4.99 Å². The number of hydrogen-bond donors (Lipinski definition) is 0. The Morgan fingerprint density at radius 3 is 2.11 bits per heavy atom. The first-order valence-corrected chi connectivity index (χ1v) is 13.2. The third-order valence-electron chi connectivity index (χ3n) is 6.33. The number of aliphatic imine (C=N–C) groups is 1. The minimum atomic E-state index is -0.0311. The van der Waals surface area contributed by atoms with Crippen molar-refractivity contribution in [3.05, 3.63) is 94.4 Å². The second-order valence-corrected chi connectivity index (χ2v) is 9.38. The summed E-state index contributed by atoms with van der Waals surface area (Å²) in [5, 5.41) is 0.697. The maximum Gasteiger partial charge on any atom is 0.271 e. The van der Waals surface area contributed by atoms with Crippen LogP contribution in [-0.2, 0) is 17.6 Å². The van der Waals surface area contributed by atoms with Crippen LogP contribution in [0.1, 0.15) is 44.4 Å². The van der Waals surface area contributed by atoms with Gasteiger partial charge in [-0.2, -0.15) is 0 Å². The smallest absolute Gasteiger partial charge is 0.271 e. The van der Waals surface area contributed by atoms with Crippen molar-refractivity contribution >= 4 is 46.0 Å². The SMILES string of the molecule is CCc1ccccc1N=C1S/C(=C\c2ccc(N(CC)CC)cc2)C(=O)N1c1ccccc1CC. The second kappa shape index (κ2) is 11.4. The van der Waals surface area contributed by atoms with Crippen molar-refractivity contribution < 1.29 is 4.79 Å². The van der Waals surface area contributed by atoms with Gasteiger partial charge in [-0.1, -0.05) is 62.4 Å². The summed E-state index contributed by atoms with van der Waals surface area (Å²) >= 11 is 1.45. The lowest BCUT2D eigenvalue weighted by atomic mass is 10.1. The predicted octanol–water partition coefficient (Wildman–Crippen LogP) is 7.47. The number of amides is 1. The van der Waals surface area contributed by atoms with Crippen LogP contribution in [0.2, 0.25) is 0 Å². The molecule has 1 fully saturated rings. The highest BCUT2D eigenvalue weighted by Gasteiger charge is 2.35. The normalized spacial score (nSPS) is 15.9. The van der Waals surface area contributed by atoms with E-state index in [1.54, 1.807) is 4.90 Å². The fourth-order valence-electron chi connectivity index (χ4n) is 4.33. The summed E-state index contributed by atoms with van der Waals surface area (Å²) in [6, 6.07) is 24.7. The van der Waals surface area contributed by atoms with Crippen molar-refractivity contribution in [1.29, 1.82) is 0 Å². The fraction of sp³-hybridized carbons (Fsp3) is 0.267. The van der Waals surface area contributed by atoms with Gasteiger partial charge in [0.25, 0.3) is 5.91 Å². The van der Waals surface area contributed by atoms with Crippen LogP contribution in [0.25, 0.3) is 6.08 Å². The highest BCUT2D eigenvalue weighted by molar-refractivity contribution is 8.19. The highest BCUT2D eigenvalue weighted by atomic mass is 32.2. The van der Waals surface area contributed by atoms with Gasteiger partial charge in [0.15, 0.2) is 5.17 Å². The fourth-order valence-corrected chi connectivity index (χ4v) is 5.32. The van der Waals surface area contributed by atoms with Crippen molar-refractivity contribution in [1.82, 2.24) is 0 Å². The summed E-state index contributed by atoms with van der Waals surface area (Å²) in [5.41, 5.74) is 6.31. The summed E-state index contributed by atoms with van der Waals surface area (Å²) in [5.74, 6) is -0.0311. The van der Waals surface area contributed by atoms with Crippen LogP contribution in [0.4, 0.5) is 17.1 Å². The Hall–Kier alpha value is -3.31. The molecule has 0 bridgehead atoms. The van der Waals surface area contributed by atoms with E-state index in [-0.39, 0.29) is 5.91 Å². The zero-order chi connectivity index (χ0) is 24.8. The molecule has 1 aliphatic rings. The number of thioether (sulfide) groups is 1. The lowest BCUT2D eigenvalue weighted by Gasteiger charge is -2.20. The van der Waals surface area contributed by atoms with Crippen LogP contribution in [0.15, 0.2) is 82.7 Å². The number of benzene rings is 3. The molecule has 0 aromatic heterocycles. The van der Waals surface area contributed by atoms with Gasteiger partial charge in [-0.25, -0.2) is 4.99 Å². The maximum atomic E-state index is 13.7. The molecule has 1 heterocycles. The topological polar surface area (TPSA) is 35.9 Å². The molecule has 0 unspecified atom stereocenters. The second-order valence-electron chi connectivity index (χ2n) is 8.37. The zero-order valence-electron chi connectivity index (χ0n) is 21.0. The lowest BCUT2D eigenvalue weighted by Crippen LogP contribution is -2.29. The first-order chi connectivity index (χ1) is 17.1. The zero-order valence-corrected chi connectivity index (χ0v) is 21.8. The van der Waals surface area contributed by atoms with Gasteiger partial charge in [0.1, 0.15) is 0 Å². The van der Waals surface area contributed by atoms with Crippen molar-refractivity contribution in [3.63, 3.8) is 0 Å². The Balaban J connectivity index is 1.76. The van der Waals surface area contributed by atoms with E-state index < -0.39 is 0 Å². The monoisotopic (exact) mass is 483 g/mol. The van der Waals surface area contributed by atoms with Crippen LogP contribution >= 0.6 is 11.8 Å². The van der Waals surface area contributed by atoms with Crippen LogP contribution in [0.5, 0.6) is 0 Å². The third-order valence-corrected chi connectivity index (χ3v) is 7.30. The molecule has 0 saturated carbocycles. The summed E-state index contributed by atoms with van der Waals surface area (Å²) in [7, 11) is 0. The van der Waals surface area contributed by atoms with E-state index in [1.165, 1.54) is 23.0 Å². The highest BCUT2D eigenvalue weighted by Crippen LogP contribution is 2.39. The largest absolute Gasteiger partial charge is 0.372 e. The average Bonchev–Trinajstić information content (AvgIpc) is 3.19. The molecule has 3 aromatic carbocycles. The Labute approximate surface area is 213 Å². The van der Waals surface area contributed by atoms with Gasteiger partial charge in [0.05, 0.1) is 16.3 Å². The molecule has 0 radical (unpaired) electrons. The summed E-state index contributed by atoms with van der Waals surface area (Å²) in [6.45, 7) is 10.5. The maximum absolute atomic E-state index is 13.7. The van der Waals surface area contributed by atoms with Crippen molar-refractivity contribution in [2.45, 2.75) is 40.5 Å². The van der Waals surface area contributed by atoms with Gasteiger partial charge in [-0.3, -0.25) is 9.69 Å². The number of hydrogen-bond acceptors (Lipinski definition) is 4. The molecule has 1 saturated heterocycles. The van der Waals surface area contributed by atoms with Crippen LogP contribution in [0, 0.1) is 0 Å². The molecule has 0 atom stereocenters. The molecule has 180 valence electrons. The van der Waals surface area contributed by atoms with E-state index in [4.69, 9.17) is 4.99 Å². The first-order valence-electron chi connectivity index (χ1n) is 12.4. The van der Waals surface area contributed by atoms with Crippen LogP contribution in [0.3, 0.4) is 0 Å². The van der Waals surface area contributed by atoms with Gasteiger partial charge in [-0.05, 0) is 85.5 Å². The molecule has 1 aliphatic heterocycles. The molecule has 0 N–H and O–H groups in total. The number of carbonyl (C=O) groups excluding carboxylic acids is 1. The number of aryl methyl sites for hydroxylation is 2. The first kappa shape index (κ1) is 24.8. The van der Waals surface area contributed by atoms with E-state index in [0.717, 1.165) is 48.4 Å². The molecule has 3 aromatic rings. The quantitative estimate of drug-likeness (QED) is 0.312. The Kier molecular flexibility index (Phi) is 8.09. The van der Waals surface area contributed by atoms with E-state index in [9.17, 15) is 4.79 Å². The van der Waals surface area contributed by atoms with E-state index >= 15 is 0 Å². The molecule has 4 nitrogen and oxygen atoms in total. The van der Waals surface area contributed by atoms with E-state index in [0.29, 0.717) is 10.1 Å². The number of amidine groups is 1. The molecular formula is C30H33N3OS. The molecule has 0 spiro atoms. The van der Waals surface area contributed by atoms with Gasteiger partial charge >= 0.3 is 0 Å².